The number of methoxy groups -OCH3 is 2. The molecule has 8 aromatic rings. The molecule has 0 bridgehead atoms. The van der Waals surface area contributed by atoms with Gasteiger partial charge in [-0.15, -0.1) is 34.6 Å². The number of hydrogen-bond acceptors (Lipinski definition) is 24. The molecule has 4 fully saturated rings. The van der Waals surface area contributed by atoms with E-state index in [2.05, 4.69) is 205 Å². The minimum absolute atomic E-state index is 0. The number of ether oxygens (including phenoxy) is 2. The maximum Gasteiger partial charge on any atom is 1.00 e. The maximum atomic E-state index is 13.6. The molecule has 0 amide bonds. The van der Waals surface area contributed by atoms with Crippen LogP contribution in [0.15, 0.2) is 106 Å². The number of aromatic nitrogens is 4. The molecule has 4 aromatic carbocycles. The molecule has 4 aliphatic heterocycles. The first kappa shape index (κ1) is 91.3. The van der Waals surface area contributed by atoms with Crippen LogP contribution >= 0.6 is 68.8 Å². The Bertz CT molecular complexity index is 4560. The summed E-state index contributed by atoms with van der Waals surface area (Å²) >= 11 is 10.4. The van der Waals surface area contributed by atoms with E-state index in [1.165, 1.54) is 85.7 Å². The monoisotopic (exact) mass is 1740 g/mol. The van der Waals surface area contributed by atoms with Gasteiger partial charge in [0.1, 0.15) is 45.5 Å². The first-order chi connectivity index (χ1) is 50.6. The quantitative estimate of drug-likeness (QED) is 0.0129. The zero-order chi connectivity index (χ0) is 76.6. The molecule has 31 heteroatoms. The van der Waals surface area contributed by atoms with Gasteiger partial charge in [0.25, 0.3) is 6.47 Å². The Kier molecular flexibility index (Phi) is 35.9. The van der Waals surface area contributed by atoms with Crippen molar-refractivity contribution in [3.8, 4) is 56.2 Å². The number of carbonyl (C=O) groups excluding carboxylic acids is 1. The summed E-state index contributed by atoms with van der Waals surface area (Å²) in [6, 6.07) is 29.9. The van der Waals surface area contributed by atoms with Crippen LogP contribution in [0.4, 0.5) is 57.7 Å². The molecule has 0 spiro atoms. The largest absolute Gasteiger partial charge is 1.00 e. The molecule has 8 heterocycles. The topological polar surface area (TPSA) is 241 Å². The molecule has 568 valence electrons. The average Bonchev–Trinajstić information content (AvgIpc) is 1.79. The fourth-order valence-corrected chi connectivity index (χ4v) is 18.4. The van der Waals surface area contributed by atoms with Gasteiger partial charge < -0.3 is 76.1 Å². The van der Waals surface area contributed by atoms with Gasteiger partial charge in [-0.1, -0.05) is 43.6 Å². The molecule has 12 rings (SSSR count). The Morgan fingerprint density at radius 2 is 0.972 bits per heavy atom. The predicted molar refractivity (Wildman–Crippen MR) is 449 cm³/mol. The van der Waals surface area contributed by atoms with E-state index in [0.717, 1.165) is 135 Å². The number of aryl methyl sites for hydroxylation is 2. The van der Waals surface area contributed by atoms with Crippen molar-refractivity contribution in [2.24, 2.45) is 0 Å². The molecule has 0 unspecified atom stereocenters. The minimum Gasteiger partial charge on any atom is -1.00 e. The van der Waals surface area contributed by atoms with Gasteiger partial charge >= 0.3 is 103 Å². The smallest absolute Gasteiger partial charge is 1.00 e. The number of piperazine rings is 2. The molecule has 4 saturated heterocycles. The fraction of sp³-hybridized carbons (Fsp3) is 0.416. The summed E-state index contributed by atoms with van der Waals surface area (Å²) in [4.78, 5) is 49.2. The summed E-state index contributed by atoms with van der Waals surface area (Å²) in [7, 11) is 2.01. The normalized spacial score (nSPS) is 15.5. The number of likely N-dealkylation sites (N-methyl/N-ethyl adjacent to an activating group) is 2. The number of thiophene rings is 2. The van der Waals surface area contributed by atoms with Crippen LogP contribution in [0.1, 0.15) is 48.0 Å². The number of benzene rings is 4. The molecule has 0 radical (unpaired) electrons. The summed E-state index contributed by atoms with van der Waals surface area (Å²) in [5.41, 5.74) is 13.2. The summed E-state index contributed by atoms with van der Waals surface area (Å²) in [6.45, 7) is 31.4. The van der Waals surface area contributed by atoms with E-state index in [0.29, 0.717) is 44.6 Å². The van der Waals surface area contributed by atoms with Crippen LogP contribution in [0.5, 0.6) is 11.5 Å². The van der Waals surface area contributed by atoms with E-state index in [1.54, 1.807) is 64.6 Å². The Morgan fingerprint density at radius 1 is 0.593 bits per heavy atom. The van der Waals surface area contributed by atoms with Gasteiger partial charge in [-0.3, -0.25) is 14.6 Å². The number of hydrogen-bond donors (Lipinski definition) is 5. The Morgan fingerprint density at radius 3 is 1.31 bits per heavy atom. The van der Waals surface area contributed by atoms with E-state index in [4.69, 9.17) is 41.0 Å². The number of nitrogens with one attached hydrogen (secondary N) is 4. The molecule has 4 aliphatic rings. The second-order valence-electron chi connectivity index (χ2n) is 28.4. The second kappa shape index (κ2) is 42.5. The van der Waals surface area contributed by atoms with Crippen LogP contribution in [-0.4, -0.2) is 212 Å². The van der Waals surface area contributed by atoms with Crippen molar-refractivity contribution in [3.05, 3.63) is 127 Å². The van der Waals surface area contributed by atoms with E-state index in [-0.39, 0.29) is 111 Å². The summed E-state index contributed by atoms with van der Waals surface area (Å²) in [5.74, 6) is 9.47. The zero-order valence-corrected chi connectivity index (χ0v) is 78.9. The molecule has 108 heavy (non-hydrogen) atoms. The molecular formula is C77H100Br2K2N14O8P2S2Si. The molecule has 22 nitrogen and oxygen atoms in total. The van der Waals surface area contributed by atoms with Crippen molar-refractivity contribution in [2.45, 2.75) is 71.3 Å². The molecule has 0 saturated carbocycles. The van der Waals surface area contributed by atoms with Crippen molar-refractivity contribution >= 4 is 152 Å². The Labute approximate surface area is 750 Å². The maximum absolute atomic E-state index is 13.6. The summed E-state index contributed by atoms with van der Waals surface area (Å²) in [6.07, 6.45) is 13.7. The van der Waals surface area contributed by atoms with Crippen LogP contribution in [0, 0.1) is 37.7 Å². The van der Waals surface area contributed by atoms with Crippen molar-refractivity contribution in [2.75, 3.05) is 172 Å². The molecule has 5 N–H and O–H groups in total. The van der Waals surface area contributed by atoms with Crippen LogP contribution < -0.4 is 159 Å². The zero-order valence-electron chi connectivity index (χ0n) is 66.1. The number of carbonyl (C=O) groups is 1. The first-order valence-corrected chi connectivity index (χ1v) is 47.1. The number of terminal acetylenes is 1. The van der Waals surface area contributed by atoms with E-state index in [1.807, 2.05) is 42.5 Å². The number of anilines is 10. The van der Waals surface area contributed by atoms with Crippen molar-refractivity contribution in [1.82, 2.24) is 39.5 Å². The van der Waals surface area contributed by atoms with Crippen LogP contribution in [0.2, 0.25) is 19.6 Å². The number of halogens is 2. The number of piperidine rings is 2. The summed E-state index contributed by atoms with van der Waals surface area (Å²) < 4.78 is 40.2. The Balaban J connectivity index is 0.000000311. The van der Waals surface area contributed by atoms with E-state index >= 15 is 0 Å². The SMILES string of the molecule is C#Cc1ccc(-c2ccc(Nc3nc(Nc4cc(C)c(N5CCC(N6CCN(C)CC6)CC5)cc4OC)ncc3Br)c(P(C)(C)=O)c2)s1.CO.COc1cc(N2CCC(N3CCN(C)CC3)CC2)c(C)cc1Nc1ncc(Br)c(Nc2ccc(-c3ccc(C#C[Si](C)(C)C)s3)cc2P(C)(C)=O)n1.O=CO[O-].[H-].[K+].[K+]. The molecule has 0 atom stereocenters. The van der Waals surface area contributed by atoms with Gasteiger partial charge in [-0.2, -0.15) is 9.97 Å². The van der Waals surface area contributed by atoms with Gasteiger partial charge in [0.15, 0.2) is 0 Å². The van der Waals surface area contributed by atoms with Crippen LogP contribution in [0.3, 0.4) is 0 Å². The number of aliphatic hydroxyl groups is 1. The van der Waals surface area contributed by atoms with E-state index < -0.39 is 22.4 Å². The molecule has 0 aliphatic carbocycles. The predicted octanol–water partition coefficient (Wildman–Crippen LogP) is 7.85. The van der Waals surface area contributed by atoms with Gasteiger partial charge in [0, 0.05) is 154 Å². The van der Waals surface area contributed by atoms with Gasteiger partial charge in [0.2, 0.25) is 11.9 Å². The van der Waals surface area contributed by atoms with Gasteiger partial charge in [-0.05, 0) is 195 Å². The fourth-order valence-electron chi connectivity index (χ4n) is 13.3. The van der Waals surface area contributed by atoms with Crippen LogP contribution in [0.25, 0.3) is 20.9 Å². The number of aliphatic hydroxyl groups excluding tert-OH is 1. The average molecular weight is 1740 g/mol. The van der Waals surface area contributed by atoms with Gasteiger partial charge in [0.05, 0.1) is 55.7 Å². The van der Waals surface area contributed by atoms with Crippen LogP contribution in [-0.2, 0) is 18.8 Å². The molecule has 4 aromatic heterocycles. The van der Waals surface area contributed by atoms with Gasteiger partial charge in [-0.25, -0.2) is 9.97 Å². The third kappa shape index (κ3) is 25.3. The van der Waals surface area contributed by atoms with Crippen molar-refractivity contribution in [3.63, 3.8) is 0 Å². The Hall–Kier alpha value is -3.90. The summed E-state index contributed by atoms with van der Waals surface area (Å²) in [5, 5.41) is 30.6. The van der Waals surface area contributed by atoms with Crippen molar-refractivity contribution < 1.29 is 143 Å². The third-order valence-electron chi connectivity index (χ3n) is 18.9. The third-order valence-corrected chi connectivity index (χ3v) is 26.1. The minimum atomic E-state index is -2.68. The standard InChI is InChI=1S/C39H51BrN7O2PSSi.C36H43BrN7O2PS.CH2O3.CH4O.2K.H/c1-27-23-33(35(49-3)25-34(27)47-16-13-29(14-17-47)46-20-18-45(2)19-21-46)43-39-41-26-31(40)38(44-39)42-32-11-9-28(24-36(32)50(4,5)48)37-12-10-30(51-37)15-22-52(6,7)8;1-7-27-9-11-34(48-27)25-8-10-29(33(21-25)47(5,6)45)39-35-28(37)23-38-36(41-35)40-30-20-24(2)31(22-32(30)46-4)44-14-12-26(13-15-44)43-18-16-42(3)17-19-43;2-1-4-3;1-2;;;/h9-12,23-26,29H,13-14,16-21H2,1-8H3,(H2,41,42,43,44);1,8-11,20-23,26H,12-19H2,2-6H3,(H2,38,39,40,41);1,3H;2H,1H3;;;/q;;;;2*+1;-1/p-1. The van der Waals surface area contributed by atoms with E-state index in [9.17, 15) is 9.13 Å². The second-order valence-corrected chi connectivity index (χ2v) is 43.4. The number of rotatable bonds is 19. The number of nitrogens with zero attached hydrogens (tertiary/aromatic N) is 10. The first-order valence-electron chi connectivity index (χ1n) is 35.2. The van der Waals surface area contributed by atoms with Crippen molar-refractivity contribution in [1.29, 1.82) is 0 Å². The molecular weight excluding hydrogens is 1640 g/mol.